The first-order valence-corrected chi connectivity index (χ1v) is 9.52. The zero-order valence-corrected chi connectivity index (χ0v) is 15.4. The second-order valence-corrected chi connectivity index (χ2v) is 7.36. The van der Waals surface area contributed by atoms with Gasteiger partial charge < -0.3 is 5.32 Å². The molecule has 0 saturated heterocycles. The van der Waals surface area contributed by atoms with E-state index in [1.54, 1.807) is 0 Å². The summed E-state index contributed by atoms with van der Waals surface area (Å²) < 4.78 is 2.68. The first kappa shape index (κ1) is 15.9. The van der Waals surface area contributed by atoms with Crippen molar-refractivity contribution in [2.24, 2.45) is 0 Å². The van der Waals surface area contributed by atoms with Crippen molar-refractivity contribution in [3.8, 4) is 0 Å². The fraction of sp³-hybridized carbons (Fsp3) is 0.130. The van der Waals surface area contributed by atoms with Crippen LogP contribution in [0.5, 0.6) is 0 Å². The highest BCUT2D eigenvalue weighted by Crippen LogP contribution is 2.36. The molecule has 0 aliphatic carbocycles. The van der Waals surface area contributed by atoms with Gasteiger partial charge in [-0.1, -0.05) is 49.4 Å². The second-order valence-electron chi connectivity index (χ2n) is 6.28. The van der Waals surface area contributed by atoms with Crippen molar-refractivity contribution in [3.05, 3.63) is 77.9 Å². The van der Waals surface area contributed by atoms with E-state index in [0.29, 0.717) is 0 Å². The van der Waals surface area contributed by atoms with E-state index in [9.17, 15) is 0 Å². The SMILES string of the molecule is CC/C=C\c1c(C)cccc1Nc1ccc2sc3ccccc3c2c1. The minimum absolute atomic E-state index is 1.04. The quantitative estimate of drug-likeness (QED) is 0.404. The number of rotatable bonds is 4. The zero-order valence-electron chi connectivity index (χ0n) is 14.5. The molecule has 0 bridgehead atoms. The van der Waals surface area contributed by atoms with Crippen molar-refractivity contribution < 1.29 is 0 Å². The normalized spacial score (nSPS) is 11.6. The van der Waals surface area contributed by atoms with E-state index in [0.717, 1.165) is 17.8 Å². The Morgan fingerprint density at radius 3 is 2.64 bits per heavy atom. The van der Waals surface area contributed by atoms with E-state index < -0.39 is 0 Å². The number of hydrogen-bond acceptors (Lipinski definition) is 2. The highest BCUT2D eigenvalue weighted by molar-refractivity contribution is 7.25. The van der Waals surface area contributed by atoms with E-state index in [-0.39, 0.29) is 0 Å². The molecule has 0 fully saturated rings. The van der Waals surface area contributed by atoms with Crippen LogP contribution in [-0.4, -0.2) is 0 Å². The zero-order chi connectivity index (χ0) is 17.2. The molecule has 25 heavy (non-hydrogen) atoms. The maximum atomic E-state index is 3.62. The smallest absolute Gasteiger partial charge is 0.0460 e. The molecule has 2 heteroatoms. The molecule has 1 aromatic heterocycles. The second kappa shape index (κ2) is 6.73. The summed E-state index contributed by atoms with van der Waals surface area (Å²) in [4.78, 5) is 0. The van der Waals surface area contributed by atoms with Gasteiger partial charge in [-0.15, -0.1) is 11.3 Å². The molecule has 0 atom stereocenters. The third kappa shape index (κ3) is 3.06. The highest BCUT2D eigenvalue weighted by Gasteiger charge is 2.07. The van der Waals surface area contributed by atoms with Gasteiger partial charge in [0, 0.05) is 37.1 Å². The van der Waals surface area contributed by atoms with Crippen molar-refractivity contribution >= 4 is 49.0 Å². The molecular formula is C23H21NS. The number of benzene rings is 3. The molecule has 4 rings (SSSR count). The third-order valence-electron chi connectivity index (χ3n) is 4.50. The molecule has 3 aromatic carbocycles. The Bertz CT molecular complexity index is 1070. The molecule has 0 unspecified atom stereocenters. The molecular weight excluding hydrogens is 322 g/mol. The summed E-state index contributed by atoms with van der Waals surface area (Å²) in [6, 6.07) is 21.7. The van der Waals surface area contributed by atoms with Crippen LogP contribution in [0.25, 0.3) is 26.2 Å². The van der Waals surface area contributed by atoms with Crippen molar-refractivity contribution in [3.63, 3.8) is 0 Å². The third-order valence-corrected chi connectivity index (χ3v) is 5.65. The average molecular weight is 343 g/mol. The van der Waals surface area contributed by atoms with Gasteiger partial charge in [-0.3, -0.25) is 0 Å². The largest absolute Gasteiger partial charge is 0.355 e. The van der Waals surface area contributed by atoms with Crippen LogP contribution >= 0.6 is 11.3 Å². The van der Waals surface area contributed by atoms with E-state index in [4.69, 9.17) is 0 Å². The van der Waals surface area contributed by atoms with Crippen molar-refractivity contribution in [1.29, 1.82) is 0 Å². The summed E-state index contributed by atoms with van der Waals surface area (Å²) in [7, 11) is 0. The highest BCUT2D eigenvalue weighted by atomic mass is 32.1. The maximum absolute atomic E-state index is 3.62. The first-order valence-electron chi connectivity index (χ1n) is 8.71. The van der Waals surface area contributed by atoms with Gasteiger partial charge in [-0.05, 0) is 49.2 Å². The van der Waals surface area contributed by atoms with E-state index in [1.807, 2.05) is 11.3 Å². The lowest BCUT2D eigenvalue weighted by molar-refractivity contribution is 1.23. The van der Waals surface area contributed by atoms with E-state index in [1.165, 1.54) is 31.3 Å². The van der Waals surface area contributed by atoms with Gasteiger partial charge in [0.05, 0.1) is 0 Å². The van der Waals surface area contributed by atoms with Gasteiger partial charge in [-0.25, -0.2) is 0 Å². The first-order chi connectivity index (χ1) is 12.3. The van der Waals surface area contributed by atoms with Crippen molar-refractivity contribution in [1.82, 2.24) is 0 Å². The van der Waals surface area contributed by atoms with Crippen LogP contribution in [0.3, 0.4) is 0 Å². The Balaban J connectivity index is 1.77. The molecule has 0 amide bonds. The summed E-state index contributed by atoms with van der Waals surface area (Å²) in [5, 5.41) is 6.28. The lowest BCUT2D eigenvalue weighted by Gasteiger charge is -2.12. The van der Waals surface area contributed by atoms with E-state index in [2.05, 4.69) is 92.0 Å². The maximum Gasteiger partial charge on any atom is 0.0460 e. The molecule has 1 heterocycles. The lowest BCUT2D eigenvalue weighted by Crippen LogP contribution is -1.94. The summed E-state index contributed by atoms with van der Waals surface area (Å²) >= 11 is 1.85. The Morgan fingerprint density at radius 1 is 0.920 bits per heavy atom. The molecule has 0 aliphatic heterocycles. The van der Waals surface area contributed by atoms with Crippen molar-refractivity contribution in [2.45, 2.75) is 20.3 Å². The fourth-order valence-corrected chi connectivity index (χ4v) is 4.29. The standard InChI is InChI=1S/C23H21NS/c1-3-4-9-18-16(2)8-7-11-21(18)24-17-13-14-23-20(15-17)19-10-5-6-12-22(19)25-23/h4-15,24H,3H2,1-2H3/b9-4-. The minimum atomic E-state index is 1.04. The number of anilines is 2. The molecule has 0 radical (unpaired) electrons. The fourth-order valence-electron chi connectivity index (χ4n) is 3.21. The Labute approximate surface area is 152 Å². The summed E-state index contributed by atoms with van der Waals surface area (Å²) in [5.74, 6) is 0. The van der Waals surface area contributed by atoms with Crippen LogP contribution in [0.15, 0.2) is 66.7 Å². The van der Waals surface area contributed by atoms with Gasteiger partial charge in [-0.2, -0.15) is 0 Å². The van der Waals surface area contributed by atoms with Crippen molar-refractivity contribution in [2.75, 3.05) is 5.32 Å². The Morgan fingerprint density at radius 2 is 1.76 bits per heavy atom. The van der Waals surface area contributed by atoms with Gasteiger partial charge in [0.2, 0.25) is 0 Å². The predicted octanol–water partition coefficient (Wildman–Crippen LogP) is 7.53. The summed E-state index contributed by atoms with van der Waals surface area (Å²) in [6.07, 6.45) is 5.47. The van der Waals surface area contributed by atoms with Gasteiger partial charge in [0.25, 0.3) is 0 Å². The monoisotopic (exact) mass is 343 g/mol. The van der Waals surface area contributed by atoms with Crippen LogP contribution in [0.1, 0.15) is 24.5 Å². The summed E-state index contributed by atoms with van der Waals surface area (Å²) in [5.41, 5.74) is 4.84. The van der Waals surface area contributed by atoms with Crippen LogP contribution in [0.2, 0.25) is 0 Å². The average Bonchev–Trinajstić information content (AvgIpc) is 2.99. The topological polar surface area (TPSA) is 12.0 Å². The van der Waals surface area contributed by atoms with Crippen LogP contribution in [0, 0.1) is 6.92 Å². The number of hydrogen-bond donors (Lipinski definition) is 1. The number of thiophene rings is 1. The number of aryl methyl sites for hydroxylation is 1. The molecule has 1 nitrogen and oxygen atoms in total. The minimum Gasteiger partial charge on any atom is -0.355 e. The Hall–Kier alpha value is -2.58. The van der Waals surface area contributed by atoms with Gasteiger partial charge in [0.15, 0.2) is 0 Å². The summed E-state index contributed by atoms with van der Waals surface area (Å²) in [6.45, 7) is 4.33. The number of fused-ring (bicyclic) bond motifs is 3. The van der Waals surface area contributed by atoms with Crippen LogP contribution < -0.4 is 5.32 Å². The molecule has 0 aliphatic rings. The molecule has 124 valence electrons. The lowest BCUT2D eigenvalue weighted by atomic mass is 10.0. The van der Waals surface area contributed by atoms with Crippen LogP contribution in [0.4, 0.5) is 11.4 Å². The molecule has 0 saturated carbocycles. The van der Waals surface area contributed by atoms with E-state index >= 15 is 0 Å². The van der Waals surface area contributed by atoms with Gasteiger partial charge >= 0.3 is 0 Å². The number of allylic oxidation sites excluding steroid dienone is 1. The van der Waals surface area contributed by atoms with Gasteiger partial charge in [0.1, 0.15) is 0 Å². The molecule has 1 N–H and O–H groups in total. The number of nitrogens with one attached hydrogen (secondary N) is 1. The van der Waals surface area contributed by atoms with Crippen LogP contribution in [-0.2, 0) is 0 Å². The Kier molecular flexibility index (Phi) is 4.29. The molecule has 4 aromatic rings. The molecule has 0 spiro atoms. The predicted molar refractivity (Wildman–Crippen MR) is 113 cm³/mol.